The lowest BCUT2D eigenvalue weighted by atomic mass is 9.75. The predicted octanol–water partition coefficient (Wildman–Crippen LogP) is 2.73. The van der Waals surface area contributed by atoms with E-state index in [-0.39, 0.29) is 17.9 Å². The zero-order valence-corrected chi connectivity index (χ0v) is 16.0. The monoisotopic (exact) mass is 370 g/mol. The maximum atomic E-state index is 12.8. The molecule has 2 aromatic rings. The van der Waals surface area contributed by atoms with Crippen LogP contribution in [0.2, 0.25) is 0 Å². The van der Waals surface area contributed by atoms with Gasteiger partial charge in [-0.3, -0.25) is 10.1 Å². The number of hydrogen-bond acceptors (Lipinski definition) is 4. The summed E-state index contributed by atoms with van der Waals surface area (Å²) < 4.78 is 0. The average molecular weight is 371 g/mol. The Morgan fingerprint density at radius 1 is 1.12 bits per heavy atom. The predicted molar refractivity (Wildman–Crippen MR) is 107 cm³/mol. The number of thioether (sulfide) groups is 1. The van der Waals surface area contributed by atoms with Gasteiger partial charge in [-0.15, -0.1) is 11.8 Å². The third-order valence-corrected chi connectivity index (χ3v) is 5.81. The number of carbonyl (C=O) groups is 1. The van der Waals surface area contributed by atoms with Gasteiger partial charge in [-0.25, -0.2) is 0 Å². The van der Waals surface area contributed by atoms with Crippen LogP contribution in [0.3, 0.4) is 0 Å². The van der Waals surface area contributed by atoms with E-state index in [0.29, 0.717) is 0 Å². The van der Waals surface area contributed by atoms with Crippen molar-refractivity contribution >= 4 is 17.7 Å². The van der Waals surface area contributed by atoms with Crippen LogP contribution < -0.4 is 10.6 Å². The molecule has 26 heavy (non-hydrogen) atoms. The second-order valence-electron chi connectivity index (χ2n) is 7.00. The molecule has 5 heteroatoms. The Labute approximate surface area is 159 Å². The van der Waals surface area contributed by atoms with Crippen LogP contribution in [-0.4, -0.2) is 34.7 Å². The minimum absolute atomic E-state index is 0.0402. The quantitative estimate of drug-likeness (QED) is 0.732. The van der Waals surface area contributed by atoms with Crippen LogP contribution in [0.4, 0.5) is 0 Å². The van der Waals surface area contributed by atoms with E-state index in [1.807, 2.05) is 74.5 Å². The van der Waals surface area contributed by atoms with E-state index in [4.69, 9.17) is 0 Å². The summed E-state index contributed by atoms with van der Waals surface area (Å²) in [6.07, 6.45) is 0. The van der Waals surface area contributed by atoms with Gasteiger partial charge in [0, 0.05) is 11.6 Å². The standard InChI is InChI=1S/C21H26N2O2S/c1-15(2)19(23-20(24)18-13-26-14-22-18)21(25,16-9-5-3-6-10-16)17-11-7-4-8-12-17/h3-12,15,18-19,22,25H,13-14H2,1-2H3,(H,23,24)/t18-,19-/m0/s1. The van der Waals surface area contributed by atoms with E-state index in [0.717, 1.165) is 22.8 Å². The summed E-state index contributed by atoms with van der Waals surface area (Å²) in [6.45, 7) is 4.05. The number of benzene rings is 2. The minimum Gasteiger partial charge on any atom is -0.378 e. The maximum Gasteiger partial charge on any atom is 0.238 e. The molecule has 0 aromatic heterocycles. The van der Waals surface area contributed by atoms with Crippen molar-refractivity contribution in [1.82, 2.24) is 10.6 Å². The van der Waals surface area contributed by atoms with Gasteiger partial charge in [-0.2, -0.15) is 0 Å². The fraction of sp³-hybridized carbons (Fsp3) is 0.381. The first-order valence-corrected chi connectivity index (χ1v) is 10.1. The molecule has 0 radical (unpaired) electrons. The topological polar surface area (TPSA) is 61.4 Å². The van der Waals surface area contributed by atoms with Gasteiger partial charge in [0.1, 0.15) is 5.60 Å². The van der Waals surface area contributed by atoms with E-state index in [9.17, 15) is 9.90 Å². The fourth-order valence-corrected chi connectivity index (χ4v) is 4.42. The molecule has 2 atom stereocenters. The largest absolute Gasteiger partial charge is 0.378 e. The summed E-state index contributed by atoms with van der Waals surface area (Å²) in [5, 5.41) is 18.3. The summed E-state index contributed by atoms with van der Waals surface area (Å²) in [5.74, 6) is 1.52. The third kappa shape index (κ3) is 3.80. The summed E-state index contributed by atoms with van der Waals surface area (Å²) in [6, 6.07) is 18.5. The highest BCUT2D eigenvalue weighted by Gasteiger charge is 2.43. The Balaban J connectivity index is 2.01. The molecule has 138 valence electrons. The van der Waals surface area contributed by atoms with Gasteiger partial charge in [-0.05, 0) is 17.0 Å². The number of aliphatic hydroxyl groups is 1. The molecule has 1 amide bonds. The molecular weight excluding hydrogens is 344 g/mol. The molecular formula is C21H26N2O2S. The minimum atomic E-state index is -1.31. The molecule has 0 aliphatic carbocycles. The van der Waals surface area contributed by atoms with Crippen molar-refractivity contribution in [3.05, 3.63) is 71.8 Å². The molecule has 0 unspecified atom stereocenters. The highest BCUT2D eigenvalue weighted by atomic mass is 32.2. The third-order valence-electron chi connectivity index (χ3n) is 4.88. The molecule has 0 bridgehead atoms. The van der Waals surface area contributed by atoms with Crippen molar-refractivity contribution in [1.29, 1.82) is 0 Å². The Hall–Kier alpha value is -1.82. The van der Waals surface area contributed by atoms with Crippen LogP contribution in [0.15, 0.2) is 60.7 Å². The van der Waals surface area contributed by atoms with Crippen LogP contribution in [0.25, 0.3) is 0 Å². The molecule has 1 aliphatic rings. The van der Waals surface area contributed by atoms with Gasteiger partial charge < -0.3 is 10.4 Å². The lowest BCUT2D eigenvalue weighted by molar-refractivity contribution is -0.125. The molecule has 0 saturated carbocycles. The normalized spacial score (nSPS) is 18.7. The molecule has 1 fully saturated rings. The van der Waals surface area contributed by atoms with Crippen molar-refractivity contribution in [3.8, 4) is 0 Å². The van der Waals surface area contributed by atoms with Crippen molar-refractivity contribution in [2.45, 2.75) is 31.5 Å². The van der Waals surface area contributed by atoms with Gasteiger partial charge in [0.25, 0.3) is 0 Å². The Kier molecular flexibility index (Phi) is 6.01. The molecule has 4 nitrogen and oxygen atoms in total. The Morgan fingerprint density at radius 3 is 2.08 bits per heavy atom. The molecule has 1 saturated heterocycles. The summed E-state index contributed by atoms with van der Waals surface area (Å²) in [7, 11) is 0. The number of rotatable bonds is 6. The van der Waals surface area contributed by atoms with Crippen LogP contribution in [-0.2, 0) is 10.4 Å². The van der Waals surface area contributed by atoms with Crippen LogP contribution in [0, 0.1) is 5.92 Å². The van der Waals surface area contributed by atoms with E-state index < -0.39 is 11.6 Å². The van der Waals surface area contributed by atoms with Crippen molar-refractivity contribution in [3.63, 3.8) is 0 Å². The van der Waals surface area contributed by atoms with Crippen molar-refractivity contribution < 1.29 is 9.90 Å². The SMILES string of the molecule is CC(C)[C@H](NC(=O)[C@@H]1CSCN1)C(O)(c1ccccc1)c1ccccc1. The highest BCUT2D eigenvalue weighted by molar-refractivity contribution is 7.99. The second-order valence-corrected chi connectivity index (χ2v) is 8.03. The van der Waals surface area contributed by atoms with Crippen LogP contribution in [0.5, 0.6) is 0 Å². The average Bonchev–Trinajstić information content (AvgIpc) is 3.21. The lowest BCUT2D eigenvalue weighted by Gasteiger charge is -2.40. The van der Waals surface area contributed by atoms with Crippen LogP contribution >= 0.6 is 11.8 Å². The van der Waals surface area contributed by atoms with Gasteiger partial charge in [0.05, 0.1) is 12.1 Å². The van der Waals surface area contributed by atoms with E-state index in [1.54, 1.807) is 11.8 Å². The van der Waals surface area contributed by atoms with Gasteiger partial charge in [0.2, 0.25) is 5.91 Å². The number of carbonyl (C=O) groups excluding carboxylic acids is 1. The first-order valence-electron chi connectivity index (χ1n) is 8.98. The fourth-order valence-electron chi connectivity index (χ4n) is 3.48. The second kappa shape index (κ2) is 8.25. The number of nitrogens with one attached hydrogen (secondary N) is 2. The molecule has 1 aliphatic heterocycles. The number of amides is 1. The summed E-state index contributed by atoms with van der Waals surface area (Å²) in [5.41, 5.74) is 0.246. The van der Waals surface area contributed by atoms with Gasteiger partial charge in [0.15, 0.2) is 0 Å². The molecule has 2 aromatic carbocycles. The molecule has 0 spiro atoms. The van der Waals surface area contributed by atoms with Crippen molar-refractivity contribution in [2.75, 3.05) is 11.6 Å². The lowest BCUT2D eigenvalue weighted by Crippen LogP contribution is -2.57. The van der Waals surface area contributed by atoms with Gasteiger partial charge >= 0.3 is 0 Å². The Morgan fingerprint density at radius 2 is 1.65 bits per heavy atom. The van der Waals surface area contributed by atoms with E-state index in [1.165, 1.54) is 0 Å². The summed E-state index contributed by atoms with van der Waals surface area (Å²) >= 11 is 1.71. The molecule has 1 heterocycles. The van der Waals surface area contributed by atoms with Gasteiger partial charge in [-0.1, -0.05) is 74.5 Å². The maximum absolute atomic E-state index is 12.8. The van der Waals surface area contributed by atoms with Crippen LogP contribution in [0.1, 0.15) is 25.0 Å². The van der Waals surface area contributed by atoms with E-state index in [2.05, 4.69) is 10.6 Å². The zero-order valence-electron chi connectivity index (χ0n) is 15.2. The first kappa shape index (κ1) is 19.0. The molecule has 3 rings (SSSR count). The molecule has 3 N–H and O–H groups in total. The number of hydrogen-bond donors (Lipinski definition) is 3. The first-order chi connectivity index (χ1) is 12.5. The Bertz CT molecular complexity index is 676. The highest BCUT2D eigenvalue weighted by Crippen LogP contribution is 2.36. The summed E-state index contributed by atoms with van der Waals surface area (Å²) in [4.78, 5) is 12.8. The smallest absolute Gasteiger partial charge is 0.238 e. The zero-order chi connectivity index (χ0) is 18.6. The van der Waals surface area contributed by atoms with Crippen molar-refractivity contribution in [2.24, 2.45) is 5.92 Å². The van der Waals surface area contributed by atoms with E-state index >= 15 is 0 Å².